The summed E-state index contributed by atoms with van der Waals surface area (Å²) in [6.07, 6.45) is 3.80. The van der Waals surface area contributed by atoms with Crippen molar-refractivity contribution in [3.05, 3.63) is 64.7 Å². The highest BCUT2D eigenvalue weighted by atomic mass is 15.1. The van der Waals surface area contributed by atoms with E-state index < -0.39 is 0 Å². The Morgan fingerprint density at radius 3 is 2.40 bits per heavy atom. The van der Waals surface area contributed by atoms with E-state index in [1.807, 2.05) is 0 Å². The van der Waals surface area contributed by atoms with Gasteiger partial charge >= 0.3 is 0 Å². The van der Waals surface area contributed by atoms with E-state index in [1.54, 1.807) is 0 Å². The van der Waals surface area contributed by atoms with Crippen molar-refractivity contribution in [2.45, 2.75) is 32.4 Å². The van der Waals surface area contributed by atoms with Crippen LogP contribution in [-0.2, 0) is 25.9 Å². The number of fused-ring (bicyclic) bond motifs is 1. The Labute approximate surface area is 121 Å². The third-order valence-electron chi connectivity index (χ3n) is 4.20. The van der Waals surface area contributed by atoms with Gasteiger partial charge in [0.2, 0.25) is 0 Å². The summed E-state index contributed by atoms with van der Waals surface area (Å²) < 4.78 is 0. The molecule has 0 bridgehead atoms. The van der Waals surface area contributed by atoms with Gasteiger partial charge < -0.3 is 10.6 Å². The van der Waals surface area contributed by atoms with Crippen LogP contribution in [0.25, 0.3) is 0 Å². The van der Waals surface area contributed by atoms with E-state index in [1.165, 1.54) is 47.2 Å². The first-order valence-electron chi connectivity index (χ1n) is 7.37. The summed E-state index contributed by atoms with van der Waals surface area (Å²) in [7, 11) is 2.16. The van der Waals surface area contributed by atoms with E-state index in [0.29, 0.717) is 6.54 Å². The number of hydrogen-bond acceptors (Lipinski definition) is 2. The lowest BCUT2D eigenvalue weighted by atomic mass is 10.1. The standard InChI is InChI=1S/C18H22N2/c1-20(13-15-7-5-14(12-19)6-8-15)18-10-9-16-3-2-4-17(16)11-18/h5-11H,2-4,12-13,19H2,1H3. The molecule has 0 amide bonds. The zero-order valence-electron chi connectivity index (χ0n) is 12.1. The Bertz CT molecular complexity index is 587. The van der Waals surface area contributed by atoms with Gasteiger partial charge in [0.1, 0.15) is 0 Å². The molecule has 0 atom stereocenters. The average Bonchev–Trinajstić information content (AvgIpc) is 2.95. The maximum absolute atomic E-state index is 5.63. The maximum atomic E-state index is 5.63. The molecule has 0 heterocycles. The van der Waals surface area contributed by atoms with Crippen LogP contribution in [0, 0.1) is 0 Å². The number of benzene rings is 2. The predicted octanol–water partition coefficient (Wildman–Crippen LogP) is 3.27. The smallest absolute Gasteiger partial charge is 0.0426 e. The van der Waals surface area contributed by atoms with Gasteiger partial charge in [-0.1, -0.05) is 30.3 Å². The van der Waals surface area contributed by atoms with Gasteiger partial charge in [-0.15, -0.1) is 0 Å². The quantitative estimate of drug-likeness (QED) is 0.920. The molecule has 2 nitrogen and oxygen atoms in total. The van der Waals surface area contributed by atoms with Crippen LogP contribution in [0.15, 0.2) is 42.5 Å². The van der Waals surface area contributed by atoms with Gasteiger partial charge in [0.05, 0.1) is 0 Å². The minimum atomic E-state index is 0.612. The predicted molar refractivity (Wildman–Crippen MR) is 84.9 cm³/mol. The van der Waals surface area contributed by atoms with Gasteiger partial charge in [-0.2, -0.15) is 0 Å². The van der Waals surface area contributed by atoms with E-state index in [4.69, 9.17) is 5.73 Å². The Balaban J connectivity index is 1.73. The lowest BCUT2D eigenvalue weighted by Crippen LogP contribution is -2.16. The Hall–Kier alpha value is -1.80. The normalized spacial score (nSPS) is 13.3. The van der Waals surface area contributed by atoms with Crippen molar-refractivity contribution in [2.75, 3.05) is 11.9 Å². The molecular formula is C18H22N2. The highest BCUT2D eigenvalue weighted by molar-refractivity contribution is 5.52. The van der Waals surface area contributed by atoms with Crippen molar-refractivity contribution in [1.29, 1.82) is 0 Å². The number of hydrogen-bond donors (Lipinski definition) is 1. The Morgan fingerprint density at radius 2 is 1.65 bits per heavy atom. The molecule has 1 aliphatic rings. The molecule has 2 aromatic rings. The first-order valence-corrected chi connectivity index (χ1v) is 7.37. The third-order valence-corrected chi connectivity index (χ3v) is 4.20. The van der Waals surface area contributed by atoms with Crippen molar-refractivity contribution >= 4 is 5.69 Å². The lowest BCUT2D eigenvalue weighted by Gasteiger charge is -2.20. The molecule has 0 saturated carbocycles. The van der Waals surface area contributed by atoms with E-state index in [0.717, 1.165) is 6.54 Å². The van der Waals surface area contributed by atoms with Gasteiger partial charge in [0, 0.05) is 25.8 Å². The SMILES string of the molecule is CN(Cc1ccc(CN)cc1)c1ccc2c(c1)CCC2. The first kappa shape index (κ1) is 13.2. The van der Waals surface area contributed by atoms with Gasteiger partial charge in [0.25, 0.3) is 0 Å². The largest absolute Gasteiger partial charge is 0.370 e. The van der Waals surface area contributed by atoms with Gasteiger partial charge in [-0.05, 0) is 53.6 Å². The molecule has 3 rings (SSSR count). The zero-order valence-corrected chi connectivity index (χ0v) is 12.1. The van der Waals surface area contributed by atoms with Crippen LogP contribution in [0.5, 0.6) is 0 Å². The van der Waals surface area contributed by atoms with Gasteiger partial charge in [0.15, 0.2) is 0 Å². The molecule has 0 aliphatic heterocycles. The van der Waals surface area contributed by atoms with Crippen molar-refractivity contribution in [2.24, 2.45) is 5.73 Å². The highest BCUT2D eigenvalue weighted by Crippen LogP contribution is 2.27. The molecule has 0 aromatic heterocycles. The molecule has 0 spiro atoms. The third kappa shape index (κ3) is 2.70. The fourth-order valence-electron chi connectivity index (χ4n) is 2.94. The molecule has 0 fully saturated rings. The number of rotatable bonds is 4. The number of nitrogens with two attached hydrogens (primary N) is 1. The molecule has 2 N–H and O–H groups in total. The molecule has 2 aromatic carbocycles. The average molecular weight is 266 g/mol. The fraction of sp³-hybridized carbons (Fsp3) is 0.333. The number of anilines is 1. The summed E-state index contributed by atoms with van der Waals surface area (Å²) in [6.45, 7) is 1.55. The summed E-state index contributed by atoms with van der Waals surface area (Å²) in [6, 6.07) is 15.5. The van der Waals surface area contributed by atoms with Crippen LogP contribution in [0.3, 0.4) is 0 Å². The minimum absolute atomic E-state index is 0.612. The second kappa shape index (κ2) is 5.68. The van der Waals surface area contributed by atoms with Crippen molar-refractivity contribution < 1.29 is 0 Å². The monoisotopic (exact) mass is 266 g/mol. The molecule has 104 valence electrons. The molecule has 0 saturated heterocycles. The Kier molecular flexibility index (Phi) is 3.75. The van der Waals surface area contributed by atoms with Crippen molar-refractivity contribution in [3.8, 4) is 0 Å². The summed E-state index contributed by atoms with van der Waals surface area (Å²) in [5.74, 6) is 0. The molecule has 20 heavy (non-hydrogen) atoms. The summed E-state index contributed by atoms with van der Waals surface area (Å²) in [5.41, 5.74) is 12.5. The highest BCUT2D eigenvalue weighted by Gasteiger charge is 2.12. The molecule has 0 unspecified atom stereocenters. The van der Waals surface area contributed by atoms with Crippen molar-refractivity contribution in [3.63, 3.8) is 0 Å². The first-order chi connectivity index (χ1) is 9.76. The van der Waals surface area contributed by atoms with Gasteiger partial charge in [-0.3, -0.25) is 0 Å². The second-order valence-electron chi connectivity index (χ2n) is 5.68. The van der Waals surface area contributed by atoms with Crippen molar-refractivity contribution in [1.82, 2.24) is 0 Å². The summed E-state index contributed by atoms with van der Waals surface area (Å²) in [5, 5.41) is 0. The van der Waals surface area contributed by atoms with Crippen LogP contribution in [0.2, 0.25) is 0 Å². The number of aryl methyl sites for hydroxylation is 2. The van der Waals surface area contributed by atoms with Crippen LogP contribution < -0.4 is 10.6 Å². The topological polar surface area (TPSA) is 29.3 Å². The van der Waals surface area contributed by atoms with Gasteiger partial charge in [-0.25, -0.2) is 0 Å². The van der Waals surface area contributed by atoms with Crippen LogP contribution in [-0.4, -0.2) is 7.05 Å². The summed E-state index contributed by atoms with van der Waals surface area (Å²) in [4.78, 5) is 2.32. The molecule has 2 heteroatoms. The van der Waals surface area contributed by atoms with E-state index in [-0.39, 0.29) is 0 Å². The molecule has 1 aliphatic carbocycles. The Morgan fingerprint density at radius 1 is 0.950 bits per heavy atom. The summed E-state index contributed by atoms with van der Waals surface area (Å²) >= 11 is 0. The second-order valence-corrected chi connectivity index (χ2v) is 5.68. The van der Waals surface area contributed by atoms with Crippen LogP contribution in [0.1, 0.15) is 28.7 Å². The molecule has 0 radical (unpaired) electrons. The van der Waals surface area contributed by atoms with E-state index in [9.17, 15) is 0 Å². The fourth-order valence-corrected chi connectivity index (χ4v) is 2.94. The van der Waals surface area contributed by atoms with Crippen LogP contribution >= 0.6 is 0 Å². The zero-order chi connectivity index (χ0) is 13.9. The lowest BCUT2D eigenvalue weighted by molar-refractivity contribution is 0.908. The molecular weight excluding hydrogens is 244 g/mol. The minimum Gasteiger partial charge on any atom is -0.370 e. The van der Waals surface area contributed by atoms with E-state index in [2.05, 4.69) is 54.4 Å². The van der Waals surface area contributed by atoms with Crippen LogP contribution in [0.4, 0.5) is 5.69 Å². The van der Waals surface area contributed by atoms with E-state index >= 15 is 0 Å². The number of nitrogens with zero attached hydrogens (tertiary/aromatic N) is 1. The maximum Gasteiger partial charge on any atom is 0.0426 e.